The fourth-order valence-corrected chi connectivity index (χ4v) is 39.1. The number of hydrogen-bond donors (Lipinski definition) is 0. The zero-order chi connectivity index (χ0) is 34.5. The Morgan fingerprint density at radius 1 is 0.542 bits per heavy atom. The molecule has 0 saturated carbocycles. The second-order valence-electron chi connectivity index (χ2n) is 16.3. The molecule has 0 saturated heterocycles. The minimum absolute atomic E-state index is 0.0247. The number of benzene rings is 4. The van der Waals surface area contributed by atoms with Crippen molar-refractivity contribution in [2.24, 2.45) is 0 Å². The molecule has 4 aromatic rings. The fraction of sp³-hybridized carbons (Fsp3) is 0.238. The van der Waals surface area contributed by atoms with Crippen LogP contribution in [-0.4, -0.2) is 22.1 Å². The summed E-state index contributed by atoms with van der Waals surface area (Å²) in [5.74, 6) is -1.75. The monoisotopic (exact) mass is 797 g/mol. The number of rotatable bonds is 9. The van der Waals surface area contributed by atoms with Crippen LogP contribution < -0.4 is 0 Å². The predicted octanol–water partition coefficient (Wildman–Crippen LogP) is 13.3. The first kappa shape index (κ1) is 35.8. The van der Waals surface area contributed by atoms with Crippen molar-refractivity contribution < 1.29 is 15.6 Å². The number of halogens is 2. The molecule has 48 heavy (non-hydrogen) atoms. The Bertz CT molecular complexity index is 1820. The third kappa shape index (κ3) is 6.71. The van der Waals surface area contributed by atoms with E-state index in [1.807, 2.05) is 0 Å². The molecule has 2 aliphatic carbocycles. The number of fused-ring (bicyclic) bond motifs is 2. The summed E-state index contributed by atoms with van der Waals surface area (Å²) >= 11 is -5.05. The summed E-state index contributed by atoms with van der Waals surface area (Å²) in [7, 11) is 14.8. The quantitative estimate of drug-likeness (QED) is 0.148. The van der Waals surface area contributed by atoms with E-state index in [-0.39, 0.29) is 7.25 Å². The molecule has 0 heterocycles. The average molecular weight is 800 g/mol. The SMILES string of the molecule is C[SiH](C)[Zr]([Cl])([Cl])([CH]1C(c2ccccc2)=Cc2c(C=C[Si](C)(C)C)cccc21)[CH]1C(c2ccccc2)=Cc2c(C=C[Si](C)(C)C)cccc21. The van der Waals surface area contributed by atoms with Crippen LogP contribution in [0.2, 0.25) is 52.4 Å². The van der Waals surface area contributed by atoms with E-state index in [0.29, 0.717) is 0 Å². The first-order valence-electron chi connectivity index (χ1n) is 17.3. The second kappa shape index (κ2) is 13.3. The maximum absolute atomic E-state index is 8.82. The van der Waals surface area contributed by atoms with Crippen LogP contribution in [0.1, 0.15) is 51.8 Å². The summed E-state index contributed by atoms with van der Waals surface area (Å²) in [5.41, 5.74) is 17.7. The van der Waals surface area contributed by atoms with Gasteiger partial charge in [0.25, 0.3) is 0 Å². The summed E-state index contributed by atoms with van der Waals surface area (Å²) in [6, 6.07) is 35.5. The van der Waals surface area contributed by atoms with Gasteiger partial charge in [0.15, 0.2) is 0 Å². The molecule has 0 spiro atoms. The number of allylic oxidation sites excluding steroid dienone is 2. The summed E-state index contributed by atoms with van der Waals surface area (Å²) in [4.78, 5) is 0. The topological polar surface area (TPSA) is 0 Å². The van der Waals surface area contributed by atoms with E-state index < -0.39 is 37.6 Å². The van der Waals surface area contributed by atoms with E-state index in [9.17, 15) is 0 Å². The summed E-state index contributed by atoms with van der Waals surface area (Å²) in [5, 5.41) is 0. The Morgan fingerprint density at radius 3 is 1.25 bits per heavy atom. The van der Waals surface area contributed by atoms with Crippen LogP contribution in [0.15, 0.2) is 108 Å². The zero-order valence-electron chi connectivity index (χ0n) is 29.7. The molecular weight excluding hydrogens is 751 g/mol. The van der Waals surface area contributed by atoms with Crippen LogP contribution in [0.25, 0.3) is 35.5 Å². The third-order valence-electron chi connectivity index (χ3n) is 10.1. The molecule has 2 atom stereocenters. The van der Waals surface area contributed by atoms with Gasteiger partial charge in [-0.2, -0.15) is 0 Å². The average Bonchev–Trinajstić information content (AvgIpc) is 3.64. The Labute approximate surface area is 300 Å². The molecule has 0 aliphatic heterocycles. The van der Waals surface area contributed by atoms with Gasteiger partial charge in [0.2, 0.25) is 0 Å². The van der Waals surface area contributed by atoms with Gasteiger partial charge in [-0.25, -0.2) is 0 Å². The first-order valence-corrected chi connectivity index (χ1v) is 40.8. The van der Waals surface area contributed by atoms with Gasteiger partial charge in [0.05, 0.1) is 0 Å². The molecule has 0 N–H and O–H groups in total. The second-order valence-corrected chi connectivity index (χ2v) is 68.9. The molecular formula is C42H49Cl2Si3Zr. The molecule has 0 nitrogen and oxygen atoms in total. The summed E-state index contributed by atoms with van der Waals surface area (Å²) in [6.45, 7) is 19.2. The van der Waals surface area contributed by atoms with Crippen LogP contribution in [0.5, 0.6) is 0 Å². The summed E-state index contributed by atoms with van der Waals surface area (Å²) < 4.78 is -0.0494. The molecule has 6 rings (SSSR count). The standard InChI is InChI=1S/2C20H21Si.C2H7Si.2ClH.Zr/c2*1-21(2,3)13-12-17-10-7-11-18-14-19(15-20(17)18)16-8-5-4-6-9-16;1-3-2;;;/h2*4-15H,1-3H3;3H,1-2H3;2*1H;/q;;;;;+2/p-2. The minimum atomic E-state index is -5.05. The van der Waals surface area contributed by atoms with Crippen molar-refractivity contribution in [3.05, 3.63) is 153 Å². The molecule has 0 aromatic heterocycles. The summed E-state index contributed by atoms with van der Waals surface area (Å²) in [6.07, 6.45) is 9.62. The Morgan fingerprint density at radius 2 is 0.917 bits per heavy atom. The van der Waals surface area contributed by atoms with E-state index >= 15 is 0 Å². The van der Waals surface area contributed by atoms with Crippen molar-refractivity contribution in [3.8, 4) is 0 Å². The molecule has 4 aromatic carbocycles. The van der Waals surface area contributed by atoms with Gasteiger partial charge >= 0.3 is 303 Å². The maximum atomic E-state index is 8.82. The van der Waals surface area contributed by atoms with E-state index in [0.717, 1.165) is 0 Å². The third-order valence-corrected chi connectivity index (χ3v) is 64.0. The molecule has 247 valence electrons. The van der Waals surface area contributed by atoms with Crippen molar-refractivity contribution >= 4 is 74.5 Å². The van der Waals surface area contributed by atoms with Crippen molar-refractivity contribution in [1.29, 1.82) is 0 Å². The van der Waals surface area contributed by atoms with Crippen molar-refractivity contribution in [2.45, 2.75) is 59.6 Å². The number of hydrogen-bond acceptors (Lipinski definition) is 0. The van der Waals surface area contributed by atoms with Gasteiger partial charge in [-0.15, -0.1) is 0 Å². The van der Waals surface area contributed by atoms with Crippen LogP contribution in [0.4, 0.5) is 0 Å². The Balaban J connectivity index is 1.66. The van der Waals surface area contributed by atoms with Crippen molar-refractivity contribution in [2.75, 3.05) is 0 Å². The van der Waals surface area contributed by atoms with E-state index in [2.05, 4.69) is 185 Å². The molecule has 0 radical (unpaired) electrons. The van der Waals surface area contributed by atoms with Crippen LogP contribution in [0, 0.1) is 0 Å². The molecule has 2 aliphatic rings. The van der Waals surface area contributed by atoms with Gasteiger partial charge in [-0.05, 0) is 0 Å². The molecule has 2 unspecified atom stereocenters. The Hall–Kier alpha value is -2.05. The van der Waals surface area contributed by atoms with Crippen molar-refractivity contribution in [3.63, 3.8) is 0 Å². The van der Waals surface area contributed by atoms with Gasteiger partial charge in [0.1, 0.15) is 0 Å². The van der Waals surface area contributed by atoms with Gasteiger partial charge in [0, 0.05) is 0 Å². The molecule has 0 amide bonds. The van der Waals surface area contributed by atoms with E-state index in [1.165, 1.54) is 55.7 Å². The van der Waals surface area contributed by atoms with E-state index in [4.69, 9.17) is 17.0 Å². The van der Waals surface area contributed by atoms with Gasteiger partial charge in [-0.3, -0.25) is 0 Å². The van der Waals surface area contributed by atoms with Gasteiger partial charge in [-0.1, -0.05) is 0 Å². The predicted molar refractivity (Wildman–Crippen MR) is 222 cm³/mol. The fourth-order valence-electron chi connectivity index (χ4n) is 7.61. The van der Waals surface area contributed by atoms with Crippen LogP contribution in [0.3, 0.4) is 0 Å². The van der Waals surface area contributed by atoms with Gasteiger partial charge < -0.3 is 0 Å². The zero-order valence-corrected chi connectivity index (χ0v) is 36.8. The molecule has 0 fully saturated rings. The molecule has 6 heteroatoms. The van der Waals surface area contributed by atoms with Crippen molar-refractivity contribution in [1.82, 2.24) is 0 Å². The van der Waals surface area contributed by atoms with Crippen LogP contribution in [-0.2, 0) is 15.6 Å². The molecule has 0 bridgehead atoms. The Kier molecular flexibility index (Phi) is 9.88. The van der Waals surface area contributed by atoms with Crippen LogP contribution >= 0.6 is 17.0 Å². The normalized spacial score (nSPS) is 18.9. The first-order chi connectivity index (χ1) is 22.6. The van der Waals surface area contributed by atoms with E-state index in [1.54, 1.807) is 0 Å².